The van der Waals surface area contributed by atoms with Gasteiger partial charge in [-0.3, -0.25) is 9.59 Å². The maximum atomic E-state index is 12.3. The van der Waals surface area contributed by atoms with Gasteiger partial charge in [0.15, 0.2) is 12.6 Å². The molecule has 0 unspecified atom stereocenters. The van der Waals surface area contributed by atoms with E-state index in [0.29, 0.717) is 0 Å². The van der Waals surface area contributed by atoms with E-state index in [1.165, 1.54) is 190 Å². The molecule has 2 aliphatic carbocycles. The number of benzene rings is 6. The van der Waals surface area contributed by atoms with Crippen LogP contribution in [0, 0.1) is 0 Å². The molecule has 3 aromatic heterocycles. The van der Waals surface area contributed by atoms with Crippen LogP contribution in [0.5, 0.6) is 0 Å². The molecule has 2 nitrogen and oxygen atoms in total. The van der Waals surface area contributed by atoms with Crippen molar-refractivity contribution in [2.24, 2.45) is 0 Å². The van der Waals surface area contributed by atoms with Gasteiger partial charge in [0.1, 0.15) is 0 Å². The summed E-state index contributed by atoms with van der Waals surface area (Å²) in [5.74, 6) is 0. The van der Waals surface area contributed by atoms with Crippen LogP contribution in [0.25, 0.3) is 41.8 Å². The monoisotopic (exact) mass is 1120 g/mol. The summed E-state index contributed by atoms with van der Waals surface area (Å²) in [7, 11) is 0. The molecule has 0 fully saturated rings. The van der Waals surface area contributed by atoms with Gasteiger partial charge in [0, 0.05) is 19.5 Å². The number of hydrogen-bond acceptors (Lipinski definition) is 5. The molecule has 0 spiro atoms. The van der Waals surface area contributed by atoms with Crippen LogP contribution in [0.1, 0.15) is 217 Å². The number of aryl methyl sites for hydroxylation is 4. The first-order chi connectivity index (χ1) is 39.9. The summed E-state index contributed by atoms with van der Waals surface area (Å²) in [6, 6.07) is 62.1. The van der Waals surface area contributed by atoms with E-state index in [1.807, 2.05) is 23.5 Å². The van der Waals surface area contributed by atoms with Crippen LogP contribution in [-0.2, 0) is 36.5 Å². The molecule has 0 N–H and O–H groups in total. The van der Waals surface area contributed by atoms with Gasteiger partial charge in [-0.05, 0) is 177 Å². The van der Waals surface area contributed by atoms with Crippen LogP contribution in [-0.4, -0.2) is 12.6 Å². The molecule has 2 aliphatic rings. The van der Waals surface area contributed by atoms with Crippen molar-refractivity contribution >= 4 is 46.6 Å². The van der Waals surface area contributed by atoms with Crippen molar-refractivity contribution in [2.75, 3.05) is 0 Å². The molecule has 11 rings (SSSR count). The molecule has 5 heteroatoms. The minimum atomic E-state index is -0.724. The summed E-state index contributed by atoms with van der Waals surface area (Å²) in [6.07, 6.45) is 26.0. The van der Waals surface area contributed by atoms with Gasteiger partial charge in [-0.25, -0.2) is 0 Å². The third-order valence-corrected chi connectivity index (χ3v) is 21.2. The van der Waals surface area contributed by atoms with E-state index in [2.05, 4.69) is 173 Å². The Labute approximate surface area is 495 Å². The highest BCUT2D eigenvalue weighted by atomic mass is 32.1. The van der Waals surface area contributed by atoms with Crippen LogP contribution < -0.4 is 0 Å². The highest BCUT2D eigenvalue weighted by molar-refractivity contribution is 7.19. The number of carbonyl (C=O) groups is 2. The quantitative estimate of drug-likeness (QED) is 0.0362. The molecule has 0 saturated carbocycles. The molecule has 6 aromatic carbocycles. The van der Waals surface area contributed by atoms with Crippen LogP contribution in [0.15, 0.2) is 158 Å². The third kappa shape index (κ3) is 11.0. The second-order valence-corrected chi connectivity index (χ2v) is 26.5. The van der Waals surface area contributed by atoms with E-state index >= 15 is 0 Å². The number of carbonyl (C=O) groups excluding carboxylic acids is 2. The highest BCUT2D eigenvalue weighted by Gasteiger charge is 2.57. The van der Waals surface area contributed by atoms with Crippen LogP contribution in [0.2, 0.25) is 0 Å². The van der Waals surface area contributed by atoms with Crippen LogP contribution in [0.3, 0.4) is 0 Å². The van der Waals surface area contributed by atoms with Gasteiger partial charge < -0.3 is 0 Å². The maximum Gasteiger partial charge on any atom is 0.160 e. The average Bonchev–Trinajstić information content (AvgIpc) is 1.72. The van der Waals surface area contributed by atoms with Gasteiger partial charge in [0.05, 0.1) is 20.6 Å². The number of aldehydes is 2. The standard InChI is InChI=1S/C76H80O2S3/c1-5-9-13-17-21-53-25-35-59(36-26-53)75(60-37-27-54(28-38-60)22-18-14-10-6-2)67-49-57(69-47-43-63(51-77)79-69)33-45-65(67)73-71(75)72-74(81-73)66-46-34-58(70-48-44-64(52-78)80-70)50-68(66)76(72,61-39-29-55(30-40-61)23-19-15-11-7-3)62-41-31-56(32-42-62)24-20-16-12-8-4/h25-52H,5-24H2,1-4H3. The lowest BCUT2D eigenvalue weighted by Gasteiger charge is -2.40. The van der Waals surface area contributed by atoms with E-state index in [-0.39, 0.29) is 0 Å². The number of fused-ring (bicyclic) bond motifs is 7. The zero-order chi connectivity index (χ0) is 55.8. The zero-order valence-electron chi connectivity index (χ0n) is 48.3. The Balaban J connectivity index is 1.22. The largest absolute Gasteiger partial charge is 0.297 e. The van der Waals surface area contributed by atoms with E-state index in [9.17, 15) is 9.59 Å². The van der Waals surface area contributed by atoms with Crippen molar-refractivity contribution in [1.29, 1.82) is 0 Å². The van der Waals surface area contributed by atoms with Crippen molar-refractivity contribution in [3.8, 4) is 41.8 Å². The summed E-state index contributed by atoms with van der Waals surface area (Å²) >= 11 is 5.14. The molecular weight excluding hydrogens is 1040 g/mol. The van der Waals surface area contributed by atoms with E-state index in [4.69, 9.17) is 0 Å². The van der Waals surface area contributed by atoms with E-state index < -0.39 is 10.8 Å². The molecule has 3 heterocycles. The Morgan fingerprint density at radius 3 is 0.914 bits per heavy atom. The Kier molecular flexibility index (Phi) is 18.1. The lowest BCUT2D eigenvalue weighted by atomic mass is 9.61. The maximum absolute atomic E-state index is 12.3. The summed E-state index contributed by atoms with van der Waals surface area (Å²) < 4.78 is 0. The fourth-order valence-corrected chi connectivity index (χ4v) is 16.7. The first-order valence-electron chi connectivity index (χ1n) is 30.8. The van der Waals surface area contributed by atoms with Crippen LogP contribution in [0.4, 0.5) is 0 Å². The van der Waals surface area contributed by atoms with E-state index in [1.54, 1.807) is 22.7 Å². The van der Waals surface area contributed by atoms with Gasteiger partial charge in [-0.15, -0.1) is 34.0 Å². The van der Waals surface area contributed by atoms with Gasteiger partial charge in [-0.1, -0.05) is 226 Å². The first kappa shape index (κ1) is 56.6. The van der Waals surface area contributed by atoms with Gasteiger partial charge in [0.25, 0.3) is 0 Å². The average molecular weight is 1120 g/mol. The second-order valence-electron chi connectivity index (χ2n) is 23.2. The lowest BCUT2D eigenvalue weighted by Crippen LogP contribution is -2.35. The molecule has 0 amide bonds. The van der Waals surface area contributed by atoms with Gasteiger partial charge >= 0.3 is 0 Å². The van der Waals surface area contributed by atoms with E-state index in [0.717, 1.165) is 68.9 Å². The molecule has 0 radical (unpaired) electrons. The molecule has 0 saturated heterocycles. The van der Waals surface area contributed by atoms with Crippen molar-refractivity contribution in [3.63, 3.8) is 0 Å². The van der Waals surface area contributed by atoms with Crippen molar-refractivity contribution in [3.05, 3.63) is 234 Å². The van der Waals surface area contributed by atoms with Crippen molar-refractivity contribution in [1.82, 2.24) is 0 Å². The number of rotatable bonds is 28. The molecule has 414 valence electrons. The Morgan fingerprint density at radius 1 is 0.333 bits per heavy atom. The topological polar surface area (TPSA) is 34.1 Å². The summed E-state index contributed by atoms with van der Waals surface area (Å²) in [5, 5.41) is 0. The second kappa shape index (κ2) is 25.9. The number of thiophene rings is 3. The zero-order valence-corrected chi connectivity index (χ0v) is 50.8. The Bertz CT molecular complexity index is 3220. The van der Waals surface area contributed by atoms with Gasteiger partial charge in [0.2, 0.25) is 0 Å². The Hall–Kier alpha value is -6.24. The van der Waals surface area contributed by atoms with Crippen molar-refractivity contribution in [2.45, 2.75) is 167 Å². The lowest BCUT2D eigenvalue weighted by molar-refractivity contribution is 0.111. The highest BCUT2D eigenvalue weighted by Crippen LogP contribution is 2.69. The fourth-order valence-electron chi connectivity index (χ4n) is 13.6. The predicted octanol–water partition coefficient (Wildman–Crippen LogP) is 22.0. The fraction of sp³-hybridized carbons (Fsp3) is 0.342. The van der Waals surface area contributed by atoms with Crippen LogP contribution >= 0.6 is 34.0 Å². The van der Waals surface area contributed by atoms with Crippen molar-refractivity contribution < 1.29 is 9.59 Å². The third-order valence-electron chi connectivity index (χ3n) is 17.9. The molecule has 0 bridgehead atoms. The summed E-state index contributed by atoms with van der Waals surface area (Å²) in [6.45, 7) is 9.18. The molecule has 81 heavy (non-hydrogen) atoms. The Morgan fingerprint density at radius 2 is 0.642 bits per heavy atom. The molecular formula is C76H80O2S3. The molecule has 9 aromatic rings. The summed E-state index contributed by atoms with van der Waals surface area (Å²) in [4.78, 5) is 30.9. The molecule has 0 atom stereocenters. The SMILES string of the molecule is CCCCCCc1ccc(C2(c3ccc(CCCCCC)cc3)c3cc(-c4ccc(C=O)s4)ccc3-c3sc4c(c32)C(c2ccc(CCCCCC)cc2)(c2ccc(CCCCCC)cc2)c2cc(-c3ccc(C=O)s3)ccc2-4)cc1. The predicted molar refractivity (Wildman–Crippen MR) is 348 cm³/mol. The number of hydrogen-bond donors (Lipinski definition) is 0. The smallest absolute Gasteiger partial charge is 0.160 e. The minimum absolute atomic E-state index is 0.724. The minimum Gasteiger partial charge on any atom is -0.297 e. The summed E-state index contributed by atoms with van der Waals surface area (Å²) in [5.41, 5.74) is 19.4. The first-order valence-corrected chi connectivity index (χ1v) is 33.3. The van der Waals surface area contributed by atoms with Gasteiger partial charge in [-0.2, -0.15) is 0 Å². The normalized spacial score (nSPS) is 13.5. The number of unbranched alkanes of at least 4 members (excludes halogenated alkanes) is 12. The molecule has 0 aliphatic heterocycles.